The molecule has 2 rings (SSSR count). The van der Waals surface area contributed by atoms with Crippen LogP contribution in [-0.4, -0.2) is 46.0 Å². The smallest absolute Gasteiger partial charge is 0.192 e. The van der Waals surface area contributed by atoms with Gasteiger partial charge >= 0.3 is 0 Å². The monoisotopic (exact) mass is 546 g/mol. The number of methoxy groups -OCH3 is 2. The molecule has 0 atom stereocenters. The number of benzene rings is 2. The highest BCUT2D eigenvalue weighted by atomic mass is 28.4. The van der Waals surface area contributed by atoms with Crippen molar-refractivity contribution >= 4 is 16.4 Å². The van der Waals surface area contributed by atoms with Gasteiger partial charge in [0, 0.05) is 5.22 Å². The summed E-state index contributed by atoms with van der Waals surface area (Å²) in [5.41, 5.74) is 2.38. The van der Waals surface area contributed by atoms with E-state index in [0.717, 1.165) is 32.1 Å². The van der Waals surface area contributed by atoms with E-state index in [0.29, 0.717) is 11.5 Å². The highest BCUT2D eigenvalue weighted by Crippen LogP contribution is 2.46. The lowest BCUT2D eigenvalue weighted by Gasteiger charge is -2.50. The van der Waals surface area contributed by atoms with Crippen molar-refractivity contribution in [3.63, 3.8) is 0 Å². The van der Waals surface area contributed by atoms with Crippen LogP contribution in [0.5, 0.6) is 23.0 Å². The van der Waals surface area contributed by atoms with Crippen LogP contribution in [0, 0.1) is 0 Å². The van der Waals surface area contributed by atoms with E-state index < -0.39 is 16.4 Å². The number of ether oxygens (including phenoxy) is 2. The quantitative estimate of drug-likeness (QED) is 0.234. The van der Waals surface area contributed by atoms with Gasteiger partial charge in [0.05, 0.1) is 22.3 Å². The van der Waals surface area contributed by atoms with E-state index in [9.17, 15) is 10.2 Å². The fourth-order valence-corrected chi connectivity index (χ4v) is 10.6. The maximum absolute atomic E-state index is 9.87. The third-order valence-electron chi connectivity index (χ3n) is 8.79. The number of hydrogen-bond acceptors (Lipinski definition) is 5. The third-order valence-corrected chi connectivity index (χ3v) is 18.5. The zero-order valence-corrected chi connectivity index (χ0v) is 26.8. The number of phenols is 2. The number of hydrogen-bond donors (Lipinski definition) is 2. The van der Waals surface area contributed by atoms with Gasteiger partial charge in [-0.25, -0.2) is 0 Å². The van der Waals surface area contributed by atoms with E-state index in [-0.39, 0.29) is 21.8 Å². The first-order chi connectivity index (χ1) is 17.0. The van der Waals surface area contributed by atoms with Gasteiger partial charge in [0.1, 0.15) is 0 Å². The van der Waals surface area contributed by atoms with Crippen LogP contribution in [0.25, 0.3) is 0 Å². The van der Waals surface area contributed by atoms with Crippen LogP contribution in [-0.2, 0) is 17.3 Å². The van der Waals surface area contributed by atoms with Crippen molar-refractivity contribution in [3.05, 3.63) is 47.5 Å². The Labute approximate surface area is 227 Å². The first kappa shape index (κ1) is 31.3. The van der Waals surface area contributed by atoms with Gasteiger partial charge in [0.2, 0.25) is 0 Å². The number of aromatic hydroxyl groups is 2. The van der Waals surface area contributed by atoms with Crippen LogP contribution < -0.4 is 9.47 Å². The summed E-state index contributed by atoms with van der Waals surface area (Å²) >= 11 is 0. The molecule has 7 heteroatoms. The van der Waals surface area contributed by atoms with Crippen molar-refractivity contribution in [1.29, 1.82) is 0 Å². The molecule has 0 bridgehead atoms. The van der Waals surface area contributed by atoms with Crippen molar-refractivity contribution in [2.24, 2.45) is 0 Å². The zero-order valence-electron chi connectivity index (χ0n) is 24.8. The predicted octanol–water partition coefficient (Wildman–Crippen LogP) is 8.10. The van der Waals surface area contributed by atoms with Crippen LogP contribution in [0.4, 0.5) is 0 Å². The molecule has 0 aliphatic heterocycles. The molecular weight excluding hydrogens is 496 g/mol. The van der Waals surface area contributed by atoms with Gasteiger partial charge in [0.15, 0.2) is 31.3 Å². The Kier molecular flexibility index (Phi) is 10.4. The minimum absolute atomic E-state index is 0.123. The summed E-state index contributed by atoms with van der Waals surface area (Å²) in [6, 6.07) is 12.5. The Bertz CT molecular complexity index is 949. The zero-order chi connectivity index (χ0) is 28.1. The molecule has 2 aromatic rings. The number of aryl methyl sites for hydroxylation is 2. The molecular formula is C30H50O5Si2. The van der Waals surface area contributed by atoms with Crippen LogP contribution in [0.15, 0.2) is 36.4 Å². The largest absolute Gasteiger partial charge is 0.504 e. The molecule has 0 heterocycles. The van der Waals surface area contributed by atoms with Crippen molar-refractivity contribution in [2.75, 3.05) is 14.2 Å². The Morgan fingerprint density at radius 2 is 1.19 bits per heavy atom. The molecule has 5 nitrogen and oxygen atoms in total. The van der Waals surface area contributed by atoms with Gasteiger partial charge in [0.25, 0.3) is 0 Å². The second kappa shape index (κ2) is 12.3. The van der Waals surface area contributed by atoms with Gasteiger partial charge in [-0.05, 0) is 93.1 Å². The summed E-state index contributed by atoms with van der Waals surface area (Å²) in [7, 11) is -0.572. The molecule has 0 saturated heterocycles. The second-order valence-corrected chi connectivity index (χ2v) is 22.7. The van der Waals surface area contributed by atoms with Crippen molar-refractivity contribution < 1.29 is 24.1 Å². The SMILES string of the molecule is COc1cc(CCCC(C)(C)[Si](C)(C)OC(C)(C)[Si](C)(C)CCCc2ccc(O)c(OC)c2)ccc1O. The minimum Gasteiger partial charge on any atom is -0.504 e. The van der Waals surface area contributed by atoms with Gasteiger partial charge < -0.3 is 24.1 Å². The topological polar surface area (TPSA) is 68.2 Å². The molecule has 0 fully saturated rings. The lowest BCUT2D eigenvalue weighted by Crippen LogP contribution is -2.59. The highest BCUT2D eigenvalue weighted by Gasteiger charge is 2.48. The van der Waals surface area contributed by atoms with Crippen LogP contribution in [0.2, 0.25) is 37.3 Å². The lowest BCUT2D eigenvalue weighted by atomic mass is 10.0. The first-order valence-corrected chi connectivity index (χ1v) is 19.6. The molecule has 2 N–H and O–H groups in total. The average Bonchev–Trinajstić information content (AvgIpc) is 2.80. The van der Waals surface area contributed by atoms with Crippen LogP contribution >= 0.6 is 0 Å². The fourth-order valence-electron chi connectivity index (χ4n) is 4.74. The molecule has 0 aromatic heterocycles. The van der Waals surface area contributed by atoms with Gasteiger partial charge in [-0.3, -0.25) is 0 Å². The highest BCUT2D eigenvalue weighted by molar-refractivity contribution is 6.82. The first-order valence-electron chi connectivity index (χ1n) is 13.5. The summed E-state index contributed by atoms with van der Waals surface area (Å²) < 4.78 is 17.7. The van der Waals surface area contributed by atoms with E-state index >= 15 is 0 Å². The Hall–Kier alpha value is -1.97. The Morgan fingerprint density at radius 1 is 0.730 bits per heavy atom. The van der Waals surface area contributed by atoms with E-state index in [1.165, 1.54) is 17.2 Å². The van der Waals surface area contributed by atoms with Crippen molar-refractivity contribution in [1.82, 2.24) is 0 Å². The fraction of sp³-hybridized carbons (Fsp3) is 0.600. The molecule has 0 unspecified atom stereocenters. The van der Waals surface area contributed by atoms with Crippen molar-refractivity contribution in [3.8, 4) is 23.0 Å². The summed E-state index contributed by atoms with van der Waals surface area (Å²) in [4.78, 5) is 0. The van der Waals surface area contributed by atoms with E-state index in [1.54, 1.807) is 26.4 Å². The summed E-state index contributed by atoms with van der Waals surface area (Å²) in [5, 5.41) is 19.7. The second-order valence-electron chi connectivity index (χ2n) is 12.6. The summed E-state index contributed by atoms with van der Waals surface area (Å²) in [6.07, 6.45) is 5.18. The molecule has 2 aromatic carbocycles. The molecule has 0 saturated carbocycles. The Morgan fingerprint density at radius 3 is 1.65 bits per heavy atom. The predicted molar refractivity (Wildman–Crippen MR) is 160 cm³/mol. The van der Waals surface area contributed by atoms with E-state index in [2.05, 4.69) is 53.9 Å². The van der Waals surface area contributed by atoms with Crippen molar-refractivity contribution in [2.45, 2.75) is 102 Å². The molecule has 0 amide bonds. The molecule has 208 valence electrons. The van der Waals surface area contributed by atoms with E-state index in [4.69, 9.17) is 13.9 Å². The molecule has 0 spiro atoms. The standard InChI is InChI=1S/C30H50O5Si2/c1-29(2,19-11-13-23-15-17-25(31)27(21-23)33-5)37(9,10)35-30(3,4)36(7,8)20-12-14-24-16-18-26(32)28(22-24)34-6/h15-18,21-22,31-32H,11-14,19-20H2,1-10H3. The van der Waals surface area contributed by atoms with Crippen LogP contribution in [0.3, 0.4) is 0 Å². The molecule has 0 aliphatic carbocycles. The van der Waals surface area contributed by atoms with Gasteiger partial charge in [-0.1, -0.05) is 51.5 Å². The summed E-state index contributed by atoms with van der Waals surface area (Å²) in [5.74, 6) is 1.45. The number of phenolic OH excluding ortho intramolecular Hbond substituents is 2. The normalized spacial score (nSPS) is 13.0. The average molecular weight is 547 g/mol. The van der Waals surface area contributed by atoms with Gasteiger partial charge in [-0.15, -0.1) is 0 Å². The maximum Gasteiger partial charge on any atom is 0.192 e. The molecule has 0 radical (unpaired) electrons. The van der Waals surface area contributed by atoms with E-state index in [1.807, 2.05) is 24.3 Å². The van der Waals surface area contributed by atoms with Gasteiger partial charge in [-0.2, -0.15) is 0 Å². The third kappa shape index (κ3) is 8.01. The minimum atomic E-state index is -2.04. The Balaban J connectivity index is 1.97. The number of rotatable bonds is 14. The molecule has 0 aliphatic rings. The summed E-state index contributed by atoms with van der Waals surface area (Å²) in [6.45, 7) is 19.1. The van der Waals surface area contributed by atoms with Crippen LogP contribution in [0.1, 0.15) is 58.1 Å². The maximum atomic E-state index is 9.87. The lowest BCUT2D eigenvalue weighted by molar-refractivity contribution is 0.159. The molecule has 37 heavy (non-hydrogen) atoms.